The molecule has 4 heteroatoms. The van der Waals surface area contributed by atoms with Crippen LogP contribution in [0, 0.1) is 5.41 Å². The highest BCUT2D eigenvalue weighted by Crippen LogP contribution is 2.16. The molecule has 4 nitrogen and oxygen atoms in total. The van der Waals surface area contributed by atoms with Crippen LogP contribution in [0.4, 0.5) is 0 Å². The molecule has 0 heterocycles. The van der Waals surface area contributed by atoms with Crippen molar-refractivity contribution in [1.29, 1.82) is 5.41 Å². The largest absolute Gasteiger partial charge is 0.358 e. The van der Waals surface area contributed by atoms with Gasteiger partial charge in [-0.3, -0.25) is 0 Å². The molecule has 0 spiro atoms. The number of hydrogen-bond acceptors (Lipinski definition) is 4. The molecule has 17 heavy (non-hydrogen) atoms. The molecule has 0 aliphatic heterocycles. The standard InChI is InChI=1S/C13H20N4/c1-15-13(17(4)10-9-16(2)3)11-7-5-6-8-12(11)14/h5-8,14H,1,9-10H2,2-4H3/b13-11+,14-12?. The Labute approximate surface area is 103 Å². The van der Waals surface area contributed by atoms with Crippen LogP contribution in [0.5, 0.6) is 0 Å². The molecular formula is C13H20N4. The van der Waals surface area contributed by atoms with Gasteiger partial charge in [0.1, 0.15) is 5.82 Å². The van der Waals surface area contributed by atoms with Gasteiger partial charge in [-0.25, -0.2) is 4.99 Å². The van der Waals surface area contributed by atoms with E-state index in [1.807, 2.05) is 44.3 Å². The predicted molar refractivity (Wildman–Crippen MR) is 73.8 cm³/mol. The lowest BCUT2D eigenvalue weighted by molar-refractivity contribution is 0.324. The second-order valence-corrected chi connectivity index (χ2v) is 4.25. The van der Waals surface area contributed by atoms with E-state index in [2.05, 4.69) is 16.6 Å². The van der Waals surface area contributed by atoms with Gasteiger partial charge in [-0.1, -0.05) is 12.2 Å². The van der Waals surface area contributed by atoms with Gasteiger partial charge >= 0.3 is 0 Å². The molecule has 92 valence electrons. The van der Waals surface area contributed by atoms with Crippen LogP contribution in [0.2, 0.25) is 0 Å². The van der Waals surface area contributed by atoms with Crippen molar-refractivity contribution in [2.45, 2.75) is 0 Å². The van der Waals surface area contributed by atoms with Crippen LogP contribution in [-0.2, 0) is 0 Å². The molecule has 0 unspecified atom stereocenters. The topological polar surface area (TPSA) is 42.7 Å². The minimum atomic E-state index is 0.478. The maximum absolute atomic E-state index is 7.87. The molecule has 1 N–H and O–H groups in total. The van der Waals surface area contributed by atoms with Crippen LogP contribution >= 0.6 is 0 Å². The summed E-state index contributed by atoms with van der Waals surface area (Å²) in [7, 11) is 6.04. The maximum Gasteiger partial charge on any atom is 0.137 e. The van der Waals surface area contributed by atoms with Crippen molar-refractivity contribution in [2.75, 3.05) is 34.2 Å². The molecule has 0 saturated carbocycles. The number of rotatable bonds is 5. The first-order valence-electron chi connectivity index (χ1n) is 5.56. The van der Waals surface area contributed by atoms with Crippen molar-refractivity contribution in [1.82, 2.24) is 9.80 Å². The summed E-state index contributed by atoms with van der Waals surface area (Å²) in [6.07, 6.45) is 7.43. The summed E-state index contributed by atoms with van der Waals surface area (Å²) in [5.41, 5.74) is 1.30. The smallest absolute Gasteiger partial charge is 0.137 e. The third-order valence-electron chi connectivity index (χ3n) is 2.56. The zero-order valence-electron chi connectivity index (χ0n) is 10.8. The first-order valence-corrected chi connectivity index (χ1v) is 5.56. The molecule has 0 amide bonds. The SMILES string of the molecule is C=N/C(=C1/C=CC=CC1=N)N(C)CCN(C)C. The average molecular weight is 232 g/mol. The van der Waals surface area contributed by atoms with E-state index >= 15 is 0 Å². The Balaban J connectivity index is 2.86. The molecule has 0 saturated heterocycles. The first-order chi connectivity index (χ1) is 8.06. The quantitative estimate of drug-likeness (QED) is 0.731. The number of likely N-dealkylation sites (N-methyl/N-ethyl adjacent to an activating group) is 2. The van der Waals surface area contributed by atoms with E-state index < -0.39 is 0 Å². The molecule has 0 fully saturated rings. The Bertz CT molecular complexity index is 388. The number of aliphatic imine (C=N–C) groups is 1. The molecule has 1 aliphatic rings. The van der Waals surface area contributed by atoms with Gasteiger partial charge < -0.3 is 15.2 Å². The minimum Gasteiger partial charge on any atom is -0.358 e. The number of allylic oxidation sites excluding steroid dienone is 5. The second-order valence-electron chi connectivity index (χ2n) is 4.25. The summed E-state index contributed by atoms with van der Waals surface area (Å²) in [5, 5.41) is 7.87. The molecule has 1 aliphatic carbocycles. The first kappa shape index (κ1) is 13.4. The molecule has 0 aromatic heterocycles. The summed E-state index contributed by atoms with van der Waals surface area (Å²) in [6.45, 7) is 5.40. The number of hydrogen-bond donors (Lipinski definition) is 1. The Kier molecular flexibility index (Phi) is 4.84. The van der Waals surface area contributed by atoms with Crippen molar-refractivity contribution in [3.05, 3.63) is 35.7 Å². The number of nitrogens with zero attached hydrogens (tertiary/aromatic N) is 3. The fraction of sp³-hybridized carbons (Fsp3) is 0.385. The van der Waals surface area contributed by atoms with Crippen LogP contribution in [0.1, 0.15) is 0 Å². The Morgan fingerprint density at radius 1 is 1.24 bits per heavy atom. The third-order valence-corrected chi connectivity index (χ3v) is 2.56. The summed E-state index contributed by atoms with van der Waals surface area (Å²) in [6, 6.07) is 0. The molecule has 0 aromatic carbocycles. The van der Waals surface area contributed by atoms with E-state index in [1.165, 1.54) is 0 Å². The van der Waals surface area contributed by atoms with Gasteiger partial charge in [0, 0.05) is 25.7 Å². The molecule has 1 rings (SSSR count). The summed E-state index contributed by atoms with van der Waals surface area (Å²) in [4.78, 5) is 8.19. The van der Waals surface area contributed by atoms with E-state index in [4.69, 9.17) is 5.41 Å². The second kappa shape index (κ2) is 6.15. The molecule has 0 radical (unpaired) electrons. The van der Waals surface area contributed by atoms with Gasteiger partial charge in [-0.05, 0) is 33.0 Å². The summed E-state index contributed by atoms with van der Waals surface area (Å²) in [5.74, 6) is 0.762. The lowest BCUT2D eigenvalue weighted by atomic mass is 10.1. The van der Waals surface area contributed by atoms with Gasteiger partial charge in [0.05, 0.1) is 5.71 Å². The Morgan fingerprint density at radius 3 is 2.41 bits per heavy atom. The highest BCUT2D eigenvalue weighted by molar-refractivity contribution is 6.09. The van der Waals surface area contributed by atoms with Crippen LogP contribution in [0.3, 0.4) is 0 Å². The van der Waals surface area contributed by atoms with Crippen molar-refractivity contribution in [2.24, 2.45) is 4.99 Å². The van der Waals surface area contributed by atoms with Gasteiger partial charge in [0.2, 0.25) is 0 Å². The molecular weight excluding hydrogens is 212 g/mol. The Morgan fingerprint density at radius 2 is 1.88 bits per heavy atom. The van der Waals surface area contributed by atoms with E-state index in [9.17, 15) is 0 Å². The van der Waals surface area contributed by atoms with Crippen LogP contribution < -0.4 is 0 Å². The van der Waals surface area contributed by atoms with Gasteiger partial charge in [0.25, 0.3) is 0 Å². The monoisotopic (exact) mass is 232 g/mol. The average Bonchev–Trinajstić information content (AvgIpc) is 2.30. The minimum absolute atomic E-state index is 0.478. The van der Waals surface area contributed by atoms with E-state index in [1.54, 1.807) is 6.08 Å². The fourth-order valence-electron chi connectivity index (χ4n) is 1.55. The lowest BCUT2D eigenvalue weighted by Gasteiger charge is -2.23. The van der Waals surface area contributed by atoms with E-state index in [-0.39, 0.29) is 0 Å². The van der Waals surface area contributed by atoms with Crippen molar-refractivity contribution in [3.63, 3.8) is 0 Å². The summed E-state index contributed by atoms with van der Waals surface area (Å²) < 4.78 is 0. The van der Waals surface area contributed by atoms with Crippen molar-refractivity contribution >= 4 is 12.4 Å². The normalized spacial score (nSPS) is 17.5. The zero-order valence-corrected chi connectivity index (χ0v) is 10.8. The molecule has 0 atom stereocenters. The zero-order chi connectivity index (χ0) is 12.8. The molecule has 0 bridgehead atoms. The Hall–Kier alpha value is -1.68. The van der Waals surface area contributed by atoms with Crippen molar-refractivity contribution in [3.8, 4) is 0 Å². The van der Waals surface area contributed by atoms with Gasteiger partial charge in [0.15, 0.2) is 0 Å². The highest BCUT2D eigenvalue weighted by atomic mass is 15.2. The highest BCUT2D eigenvalue weighted by Gasteiger charge is 2.12. The number of nitrogens with one attached hydrogen (secondary N) is 1. The lowest BCUT2D eigenvalue weighted by Crippen LogP contribution is -2.29. The van der Waals surface area contributed by atoms with Gasteiger partial charge in [-0.15, -0.1) is 0 Å². The third kappa shape index (κ3) is 3.67. The molecule has 0 aromatic rings. The van der Waals surface area contributed by atoms with Crippen LogP contribution in [0.15, 0.2) is 40.7 Å². The van der Waals surface area contributed by atoms with Crippen LogP contribution in [0.25, 0.3) is 0 Å². The fourth-order valence-corrected chi connectivity index (χ4v) is 1.55. The van der Waals surface area contributed by atoms with Crippen molar-refractivity contribution < 1.29 is 0 Å². The predicted octanol–water partition coefficient (Wildman–Crippen LogP) is 1.54. The van der Waals surface area contributed by atoms with Crippen LogP contribution in [-0.4, -0.2) is 56.5 Å². The van der Waals surface area contributed by atoms with E-state index in [0.717, 1.165) is 24.5 Å². The maximum atomic E-state index is 7.87. The van der Waals surface area contributed by atoms with Gasteiger partial charge in [-0.2, -0.15) is 0 Å². The summed E-state index contributed by atoms with van der Waals surface area (Å²) >= 11 is 0. The van der Waals surface area contributed by atoms with E-state index in [0.29, 0.717) is 5.71 Å².